The van der Waals surface area contributed by atoms with Crippen LogP contribution in [0.4, 0.5) is 0 Å². The van der Waals surface area contributed by atoms with Crippen molar-refractivity contribution in [2.75, 3.05) is 13.6 Å². The number of nitrogens with one attached hydrogen (secondary N) is 2. The van der Waals surface area contributed by atoms with Crippen molar-refractivity contribution < 1.29 is 8.42 Å². The zero-order valence-corrected chi connectivity index (χ0v) is 12.7. The maximum Gasteiger partial charge on any atom is 0.262 e. The molecule has 0 radical (unpaired) electrons. The van der Waals surface area contributed by atoms with E-state index in [0.29, 0.717) is 19.0 Å². The van der Waals surface area contributed by atoms with E-state index in [1.807, 2.05) is 13.8 Å². The highest BCUT2D eigenvalue weighted by molar-refractivity contribution is 7.89. The van der Waals surface area contributed by atoms with Gasteiger partial charge in [0.25, 0.3) is 10.0 Å². The van der Waals surface area contributed by atoms with E-state index in [1.165, 1.54) is 0 Å². The van der Waals surface area contributed by atoms with Crippen molar-refractivity contribution in [3.63, 3.8) is 0 Å². The van der Waals surface area contributed by atoms with Crippen LogP contribution in [0.5, 0.6) is 0 Å². The third-order valence-corrected chi connectivity index (χ3v) is 5.62. The number of hydrogen-bond donors (Lipinski definition) is 2. The van der Waals surface area contributed by atoms with E-state index in [4.69, 9.17) is 0 Å². The molecule has 0 aliphatic carbocycles. The monoisotopic (exact) mass is 286 g/mol. The average molecular weight is 286 g/mol. The van der Waals surface area contributed by atoms with Gasteiger partial charge in [0, 0.05) is 30.4 Å². The fraction of sp³-hybridized carbons (Fsp3) is 0.750. The molecule has 0 saturated carbocycles. The molecule has 1 aliphatic rings. The molecule has 6 nitrogen and oxygen atoms in total. The van der Waals surface area contributed by atoms with E-state index in [1.54, 1.807) is 11.4 Å². The number of sulfonamides is 1. The van der Waals surface area contributed by atoms with Gasteiger partial charge < -0.3 is 5.32 Å². The summed E-state index contributed by atoms with van der Waals surface area (Å²) in [6.07, 6.45) is 0.907. The SMILES string of the molecule is CNCc1c(S(=O)(=O)N2CC(C)CC2C)n[nH]c1C. The molecule has 1 saturated heterocycles. The Morgan fingerprint density at radius 1 is 1.47 bits per heavy atom. The van der Waals surface area contributed by atoms with E-state index >= 15 is 0 Å². The van der Waals surface area contributed by atoms with Crippen LogP contribution in [0.25, 0.3) is 0 Å². The molecule has 2 atom stereocenters. The molecule has 2 unspecified atom stereocenters. The summed E-state index contributed by atoms with van der Waals surface area (Å²) in [7, 11) is -1.71. The Morgan fingerprint density at radius 3 is 2.68 bits per heavy atom. The second-order valence-corrected chi connectivity index (χ2v) is 7.23. The quantitative estimate of drug-likeness (QED) is 0.860. The summed E-state index contributed by atoms with van der Waals surface area (Å²) >= 11 is 0. The summed E-state index contributed by atoms with van der Waals surface area (Å²) in [5.41, 5.74) is 1.53. The van der Waals surface area contributed by atoms with Gasteiger partial charge in [-0.05, 0) is 33.2 Å². The first-order valence-electron chi connectivity index (χ1n) is 6.58. The first kappa shape index (κ1) is 14.5. The van der Waals surface area contributed by atoms with Gasteiger partial charge in [0.05, 0.1) is 0 Å². The van der Waals surface area contributed by atoms with E-state index in [0.717, 1.165) is 17.7 Å². The van der Waals surface area contributed by atoms with Crippen LogP contribution in [0.1, 0.15) is 31.5 Å². The lowest BCUT2D eigenvalue weighted by Gasteiger charge is -2.20. The average Bonchev–Trinajstić information content (AvgIpc) is 2.84. The Balaban J connectivity index is 2.40. The largest absolute Gasteiger partial charge is 0.316 e. The Hall–Kier alpha value is -0.920. The van der Waals surface area contributed by atoms with Gasteiger partial charge in [-0.15, -0.1) is 0 Å². The molecule has 0 bridgehead atoms. The van der Waals surface area contributed by atoms with Crippen LogP contribution >= 0.6 is 0 Å². The minimum absolute atomic E-state index is 0.0411. The summed E-state index contributed by atoms with van der Waals surface area (Å²) in [4.78, 5) is 0. The highest BCUT2D eigenvalue weighted by Crippen LogP contribution is 2.30. The number of H-pyrrole nitrogens is 1. The lowest BCUT2D eigenvalue weighted by molar-refractivity contribution is 0.403. The maximum atomic E-state index is 12.7. The van der Waals surface area contributed by atoms with Gasteiger partial charge in [0.1, 0.15) is 0 Å². The first-order chi connectivity index (χ1) is 8.87. The predicted octanol–water partition coefficient (Wildman–Crippen LogP) is 0.857. The first-order valence-corrected chi connectivity index (χ1v) is 8.02. The van der Waals surface area contributed by atoms with Crippen LogP contribution in [0, 0.1) is 12.8 Å². The van der Waals surface area contributed by atoms with Gasteiger partial charge in [-0.1, -0.05) is 6.92 Å². The minimum atomic E-state index is -3.50. The number of nitrogens with zero attached hydrogens (tertiary/aromatic N) is 2. The Labute approximate surface area is 114 Å². The molecule has 0 spiro atoms. The number of rotatable bonds is 4. The normalized spacial score (nSPS) is 25.1. The Morgan fingerprint density at radius 2 is 2.16 bits per heavy atom. The zero-order chi connectivity index (χ0) is 14.2. The molecule has 7 heteroatoms. The highest BCUT2D eigenvalue weighted by Gasteiger charge is 2.38. The van der Waals surface area contributed by atoms with Crippen LogP contribution in [-0.2, 0) is 16.6 Å². The van der Waals surface area contributed by atoms with Crippen molar-refractivity contribution in [1.82, 2.24) is 19.8 Å². The summed E-state index contributed by atoms with van der Waals surface area (Å²) < 4.78 is 27.0. The number of hydrogen-bond acceptors (Lipinski definition) is 4. The summed E-state index contributed by atoms with van der Waals surface area (Å²) in [5.74, 6) is 0.401. The summed E-state index contributed by atoms with van der Waals surface area (Å²) in [5, 5.41) is 9.96. The molecule has 19 heavy (non-hydrogen) atoms. The molecule has 1 aliphatic heterocycles. The van der Waals surface area contributed by atoms with Crippen LogP contribution in [0.2, 0.25) is 0 Å². The molecule has 0 aromatic carbocycles. The summed E-state index contributed by atoms with van der Waals surface area (Å²) in [6, 6.07) is 0.0411. The van der Waals surface area contributed by atoms with Gasteiger partial charge in [-0.2, -0.15) is 9.40 Å². The van der Waals surface area contributed by atoms with E-state index in [9.17, 15) is 8.42 Å². The minimum Gasteiger partial charge on any atom is -0.316 e. The molecular weight excluding hydrogens is 264 g/mol. The van der Waals surface area contributed by atoms with Crippen LogP contribution in [0.3, 0.4) is 0 Å². The lowest BCUT2D eigenvalue weighted by Crippen LogP contribution is -2.35. The van der Waals surface area contributed by atoms with Crippen LogP contribution < -0.4 is 5.32 Å². The van der Waals surface area contributed by atoms with E-state index in [2.05, 4.69) is 22.4 Å². The molecule has 2 N–H and O–H groups in total. The smallest absolute Gasteiger partial charge is 0.262 e. The Kier molecular flexibility index (Phi) is 3.98. The van der Waals surface area contributed by atoms with Gasteiger partial charge in [0.2, 0.25) is 0 Å². The van der Waals surface area contributed by atoms with E-state index in [-0.39, 0.29) is 11.1 Å². The lowest BCUT2D eigenvalue weighted by atomic mass is 10.1. The van der Waals surface area contributed by atoms with Gasteiger partial charge in [-0.3, -0.25) is 5.10 Å². The molecule has 1 aromatic rings. The fourth-order valence-corrected chi connectivity index (χ4v) is 4.67. The standard InChI is InChI=1S/C12H22N4O2S/c1-8-5-9(2)16(7-8)19(17,18)12-11(6-13-4)10(3)14-15-12/h8-9,13H,5-7H2,1-4H3,(H,14,15). The Bertz CT molecular complexity index is 552. The molecule has 0 amide bonds. The molecule has 2 rings (SSSR count). The molecule has 1 fully saturated rings. The third-order valence-electron chi connectivity index (χ3n) is 3.67. The maximum absolute atomic E-state index is 12.7. The summed E-state index contributed by atoms with van der Waals surface area (Å²) in [6.45, 7) is 6.95. The second-order valence-electron chi connectivity index (χ2n) is 5.43. The van der Waals surface area contributed by atoms with Crippen molar-refractivity contribution >= 4 is 10.0 Å². The van der Waals surface area contributed by atoms with Crippen molar-refractivity contribution in [1.29, 1.82) is 0 Å². The third kappa shape index (κ3) is 2.54. The second kappa shape index (κ2) is 5.22. The fourth-order valence-electron chi connectivity index (χ4n) is 2.74. The number of aryl methyl sites for hydroxylation is 1. The van der Waals surface area contributed by atoms with Gasteiger partial charge in [-0.25, -0.2) is 8.42 Å². The van der Waals surface area contributed by atoms with Gasteiger partial charge in [0.15, 0.2) is 5.03 Å². The molecule has 1 aromatic heterocycles. The molecule has 108 valence electrons. The van der Waals surface area contributed by atoms with Crippen molar-refractivity contribution in [2.45, 2.75) is 44.8 Å². The predicted molar refractivity (Wildman–Crippen MR) is 73.2 cm³/mol. The topological polar surface area (TPSA) is 78.1 Å². The van der Waals surface area contributed by atoms with E-state index < -0.39 is 10.0 Å². The number of aromatic nitrogens is 2. The number of aromatic amines is 1. The van der Waals surface area contributed by atoms with Crippen molar-refractivity contribution in [2.24, 2.45) is 5.92 Å². The highest BCUT2D eigenvalue weighted by atomic mass is 32.2. The molecule has 2 heterocycles. The zero-order valence-electron chi connectivity index (χ0n) is 11.9. The molecular formula is C12H22N4O2S. The van der Waals surface area contributed by atoms with Crippen molar-refractivity contribution in [3.8, 4) is 0 Å². The van der Waals surface area contributed by atoms with Gasteiger partial charge >= 0.3 is 0 Å². The van der Waals surface area contributed by atoms with Crippen molar-refractivity contribution in [3.05, 3.63) is 11.3 Å². The van der Waals surface area contributed by atoms with Crippen LogP contribution in [-0.4, -0.2) is 42.6 Å². The van der Waals surface area contributed by atoms with Crippen LogP contribution in [0.15, 0.2) is 5.03 Å².